The van der Waals surface area contributed by atoms with Crippen LogP contribution in [0.2, 0.25) is 0 Å². The molecule has 28 heavy (non-hydrogen) atoms. The molecule has 0 spiro atoms. The van der Waals surface area contributed by atoms with Gasteiger partial charge in [-0.05, 0) is 43.2 Å². The van der Waals surface area contributed by atoms with Gasteiger partial charge >= 0.3 is 5.97 Å². The van der Waals surface area contributed by atoms with Gasteiger partial charge in [0.2, 0.25) is 0 Å². The largest absolute Gasteiger partial charge is 0.465 e. The van der Waals surface area contributed by atoms with Gasteiger partial charge in [-0.2, -0.15) is 0 Å². The van der Waals surface area contributed by atoms with Crippen LogP contribution in [0, 0.1) is 13.8 Å². The van der Waals surface area contributed by atoms with Crippen LogP contribution in [0.5, 0.6) is 0 Å². The fourth-order valence-electron chi connectivity index (χ4n) is 2.58. The standard InChI is InChI=1S/C21H20N4O3/c1-13-8-9-14(2)17(10-13)24-19-12-22-18(11-23-19)20(26)25-16-7-5-4-6-15(16)21(27)28-3/h4-12H,1-3H3,(H,23,24)(H,25,26). The van der Waals surface area contributed by atoms with Crippen molar-refractivity contribution in [2.24, 2.45) is 0 Å². The number of esters is 1. The summed E-state index contributed by atoms with van der Waals surface area (Å²) in [5.74, 6) is -0.475. The van der Waals surface area contributed by atoms with Crippen molar-refractivity contribution in [1.29, 1.82) is 0 Å². The molecule has 0 bridgehead atoms. The molecule has 2 aromatic carbocycles. The Hall–Kier alpha value is -3.74. The first kappa shape index (κ1) is 19.0. The van der Waals surface area contributed by atoms with E-state index in [1.807, 2.05) is 32.0 Å². The zero-order valence-electron chi connectivity index (χ0n) is 15.8. The van der Waals surface area contributed by atoms with Gasteiger partial charge in [0.1, 0.15) is 11.5 Å². The molecule has 142 valence electrons. The van der Waals surface area contributed by atoms with Gasteiger partial charge in [-0.25, -0.2) is 14.8 Å². The topological polar surface area (TPSA) is 93.2 Å². The number of nitrogens with one attached hydrogen (secondary N) is 2. The molecule has 0 fully saturated rings. The molecule has 7 heteroatoms. The Morgan fingerprint density at radius 2 is 1.75 bits per heavy atom. The van der Waals surface area contributed by atoms with E-state index in [0.717, 1.165) is 16.8 Å². The summed E-state index contributed by atoms with van der Waals surface area (Å²) in [4.78, 5) is 32.7. The number of ether oxygens (including phenoxy) is 1. The molecule has 3 aromatic rings. The van der Waals surface area contributed by atoms with Gasteiger partial charge < -0.3 is 15.4 Å². The van der Waals surface area contributed by atoms with Crippen molar-refractivity contribution < 1.29 is 14.3 Å². The Morgan fingerprint density at radius 1 is 0.964 bits per heavy atom. The SMILES string of the molecule is COC(=O)c1ccccc1NC(=O)c1cnc(Nc2cc(C)ccc2C)cn1. The maximum Gasteiger partial charge on any atom is 0.339 e. The van der Waals surface area contributed by atoms with E-state index in [1.54, 1.807) is 24.3 Å². The van der Waals surface area contributed by atoms with Crippen molar-refractivity contribution in [3.05, 3.63) is 77.2 Å². The zero-order valence-corrected chi connectivity index (χ0v) is 15.8. The molecule has 1 heterocycles. The quantitative estimate of drug-likeness (QED) is 0.657. The molecule has 0 unspecified atom stereocenters. The van der Waals surface area contributed by atoms with Gasteiger partial charge in [0.15, 0.2) is 0 Å². The molecule has 0 aliphatic heterocycles. The van der Waals surface area contributed by atoms with Crippen LogP contribution in [0.4, 0.5) is 17.2 Å². The Morgan fingerprint density at radius 3 is 2.46 bits per heavy atom. The van der Waals surface area contributed by atoms with E-state index in [9.17, 15) is 9.59 Å². The van der Waals surface area contributed by atoms with Crippen molar-refractivity contribution in [2.75, 3.05) is 17.7 Å². The van der Waals surface area contributed by atoms with Crippen LogP contribution in [0.1, 0.15) is 32.0 Å². The number of amides is 1. The van der Waals surface area contributed by atoms with Crippen molar-refractivity contribution in [3.63, 3.8) is 0 Å². The van der Waals surface area contributed by atoms with Gasteiger partial charge in [0.05, 0.1) is 30.8 Å². The molecular weight excluding hydrogens is 356 g/mol. The van der Waals surface area contributed by atoms with Crippen LogP contribution in [-0.2, 0) is 4.74 Å². The molecule has 0 saturated heterocycles. The molecule has 1 aromatic heterocycles. The molecule has 1 amide bonds. The van der Waals surface area contributed by atoms with E-state index in [0.29, 0.717) is 11.5 Å². The van der Waals surface area contributed by atoms with Gasteiger partial charge in [0, 0.05) is 5.69 Å². The average molecular weight is 376 g/mol. The predicted molar refractivity (Wildman–Crippen MR) is 107 cm³/mol. The molecular formula is C21H20N4O3. The number of benzene rings is 2. The Balaban J connectivity index is 1.74. The maximum absolute atomic E-state index is 12.5. The Labute approximate surface area is 162 Å². The molecule has 2 N–H and O–H groups in total. The maximum atomic E-state index is 12.5. The first-order valence-electron chi connectivity index (χ1n) is 8.63. The third kappa shape index (κ3) is 4.32. The lowest BCUT2D eigenvalue weighted by molar-refractivity contribution is 0.0602. The van der Waals surface area contributed by atoms with E-state index < -0.39 is 11.9 Å². The van der Waals surface area contributed by atoms with E-state index in [-0.39, 0.29) is 11.3 Å². The van der Waals surface area contributed by atoms with E-state index >= 15 is 0 Å². The number of carbonyl (C=O) groups excluding carboxylic acids is 2. The fourth-order valence-corrected chi connectivity index (χ4v) is 2.58. The highest BCUT2D eigenvalue weighted by atomic mass is 16.5. The van der Waals surface area contributed by atoms with Gasteiger partial charge in [0.25, 0.3) is 5.91 Å². The number of hydrogen-bond donors (Lipinski definition) is 2. The van der Waals surface area contributed by atoms with Crippen molar-refractivity contribution in [1.82, 2.24) is 9.97 Å². The lowest BCUT2D eigenvalue weighted by Crippen LogP contribution is -2.17. The second kappa shape index (κ2) is 8.30. The van der Waals surface area contributed by atoms with Crippen molar-refractivity contribution in [3.8, 4) is 0 Å². The first-order valence-corrected chi connectivity index (χ1v) is 8.63. The Bertz CT molecular complexity index is 1020. The summed E-state index contributed by atoms with van der Waals surface area (Å²) in [6, 6.07) is 12.7. The molecule has 0 aliphatic carbocycles. The minimum absolute atomic E-state index is 0.131. The highest BCUT2D eigenvalue weighted by Crippen LogP contribution is 2.20. The van der Waals surface area contributed by atoms with Crippen LogP contribution in [0.3, 0.4) is 0 Å². The number of anilines is 3. The van der Waals surface area contributed by atoms with Crippen LogP contribution in [-0.4, -0.2) is 29.0 Å². The summed E-state index contributed by atoms with van der Waals surface area (Å²) in [5, 5.41) is 5.86. The lowest BCUT2D eigenvalue weighted by Gasteiger charge is -2.11. The van der Waals surface area contributed by atoms with Crippen molar-refractivity contribution in [2.45, 2.75) is 13.8 Å². The minimum atomic E-state index is -0.532. The number of rotatable bonds is 5. The number of aryl methyl sites for hydroxylation is 2. The van der Waals surface area contributed by atoms with Crippen LogP contribution in [0.15, 0.2) is 54.9 Å². The average Bonchev–Trinajstić information content (AvgIpc) is 2.71. The highest BCUT2D eigenvalue weighted by Gasteiger charge is 2.15. The summed E-state index contributed by atoms with van der Waals surface area (Å²) in [6.07, 6.45) is 2.87. The van der Waals surface area contributed by atoms with Crippen molar-refractivity contribution >= 4 is 29.1 Å². The second-order valence-corrected chi connectivity index (χ2v) is 6.22. The molecule has 7 nitrogen and oxygen atoms in total. The number of carbonyl (C=O) groups is 2. The normalized spacial score (nSPS) is 10.2. The lowest BCUT2D eigenvalue weighted by atomic mass is 10.1. The fraction of sp³-hybridized carbons (Fsp3) is 0.143. The summed E-state index contributed by atoms with van der Waals surface area (Å²) >= 11 is 0. The van der Waals surface area contributed by atoms with Gasteiger partial charge in [-0.15, -0.1) is 0 Å². The number of nitrogens with zero attached hydrogens (tertiary/aromatic N) is 2. The predicted octanol–water partition coefficient (Wildman–Crippen LogP) is 3.88. The molecule has 0 atom stereocenters. The van der Waals surface area contributed by atoms with Crippen LogP contribution < -0.4 is 10.6 Å². The monoisotopic (exact) mass is 376 g/mol. The highest BCUT2D eigenvalue weighted by molar-refractivity contribution is 6.06. The molecule has 0 aliphatic rings. The second-order valence-electron chi connectivity index (χ2n) is 6.22. The number of aromatic nitrogens is 2. The summed E-state index contributed by atoms with van der Waals surface area (Å²) in [7, 11) is 1.29. The van der Waals surface area contributed by atoms with Gasteiger partial charge in [-0.1, -0.05) is 24.3 Å². The van der Waals surface area contributed by atoms with E-state index in [2.05, 4.69) is 20.6 Å². The van der Waals surface area contributed by atoms with E-state index in [4.69, 9.17) is 4.74 Å². The minimum Gasteiger partial charge on any atom is -0.465 e. The first-order chi connectivity index (χ1) is 13.5. The van der Waals surface area contributed by atoms with E-state index in [1.165, 1.54) is 19.5 Å². The Kier molecular flexibility index (Phi) is 5.64. The van der Waals surface area contributed by atoms with Crippen LogP contribution in [0.25, 0.3) is 0 Å². The third-order valence-corrected chi connectivity index (χ3v) is 4.12. The smallest absolute Gasteiger partial charge is 0.339 e. The summed E-state index contributed by atoms with van der Waals surface area (Å²) in [6.45, 7) is 4.01. The van der Waals surface area contributed by atoms with Gasteiger partial charge in [-0.3, -0.25) is 4.79 Å². The molecule has 0 saturated carbocycles. The summed E-state index contributed by atoms with van der Waals surface area (Å²) in [5.41, 5.74) is 3.87. The number of methoxy groups -OCH3 is 1. The summed E-state index contributed by atoms with van der Waals surface area (Å²) < 4.78 is 4.73. The molecule has 0 radical (unpaired) electrons. The zero-order chi connectivity index (χ0) is 20.1. The third-order valence-electron chi connectivity index (χ3n) is 4.12. The number of hydrogen-bond acceptors (Lipinski definition) is 6. The number of para-hydroxylation sites is 1. The van der Waals surface area contributed by atoms with Crippen LogP contribution >= 0.6 is 0 Å². The molecule has 3 rings (SSSR count).